The summed E-state index contributed by atoms with van der Waals surface area (Å²) >= 11 is 0. The lowest BCUT2D eigenvalue weighted by atomic mass is 10.3. The number of nitrogen functional groups attached to an aromatic ring is 1. The van der Waals surface area contributed by atoms with Crippen molar-refractivity contribution in [2.24, 2.45) is 0 Å². The lowest BCUT2D eigenvalue weighted by Crippen LogP contribution is -2.46. The second-order valence-electron chi connectivity index (χ2n) is 5.07. The molecule has 0 saturated carbocycles. The molecule has 0 aromatic heterocycles. The quantitative estimate of drug-likeness (QED) is 0.800. The fourth-order valence-corrected chi connectivity index (χ4v) is 3.55. The first-order valence-corrected chi connectivity index (χ1v) is 8.16. The van der Waals surface area contributed by atoms with E-state index in [0.717, 1.165) is 25.0 Å². The van der Waals surface area contributed by atoms with E-state index < -0.39 is 26.8 Å². The molecule has 1 fully saturated rings. The number of benzene rings is 1. The van der Waals surface area contributed by atoms with Gasteiger partial charge >= 0.3 is 0 Å². The van der Waals surface area contributed by atoms with Crippen molar-refractivity contribution in [1.82, 2.24) is 9.62 Å². The number of likely N-dealkylation sites (tertiary alicyclic amines) is 1. The number of halogens is 1. The van der Waals surface area contributed by atoms with Crippen LogP contribution in [0.2, 0.25) is 0 Å². The molecule has 8 heteroatoms. The van der Waals surface area contributed by atoms with Crippen molar-refractivity contribution < 1.29 is 17.6 Å². The summed E-state index contributed by atoms with van der Waals surface area (Å²) in [5, 5.41) is 0. The molecule has 21 heavy (non-hydrogen) atoms. The molecule has 1 amide bonds. The molecule has 0 spiro atoms. The maximum Gasteiger partial charge on any atom is 0.244 e. The first kappa shape index (κ1) is 15.7. The Balaban J connectivity index is 2.14. The molecule has 6 nitrogen and oxygen atoms in total. The fraction of sp³-hybridized carbons (Fsp3) is 0.462. The van der Waals surface area contributed by atoms with Gasteiger partial charge in [0.15, 0.2) is 0 Å². The van der Waals surface area contributed by atoms with Crippen LogP contribution < -0.4 is 10.5 Å². The molecule has 1 aromatic rings. The van der Waals surface area contributed by atoms with E-state index in [1.807, 2.05) is 0 Å². The van der Waals surface area contributed by atoms with E-state index in [1.54, 1.807) is 4.90 Å². The molecule has 1 unspecified atom stereocenters. The highest BCUT2D eigenvalue weighted by Gasteiger charge is 2.28. The van der Waals surface area contributed by atoms with E-state index in [9.17, 15) is 17.6 Å². The summed E-state index contributed by atoms with van der Waals surface area (Å²) in [5.74, 6) is -1.24. The van der Waals surface area contributed by atoms with Gasteiger partial charge in [-0.05, 0) is 38.0 Å². The van der Waals surface area contributed by atoms with E-state index in [1.165, 1.54) is 13.0 Å². The van der Waals surface area contributed by atoms with Crippen LogP contribution in [0.25, 0.3) is 0 Å². The van der Waals surface area contributed by atoms with E-state index >= 15 is 0 Å². The lowest BCUT2D eigenvalue weighted by molar-refractivity contribution is -0.131. The lowest BCUT2D eigenvalue weighted by Gasteiger charge is -2.21. The van der Waals surface area contributed by atoms with Gasteiger partial charge in [0, 0.05) is 18.8 Å². The summed E-state index contributed by atoms with van der Waals surface area (Å²) in [5.41, 5.74) is 5.52. The Morgan fingerprint density at radius 2 is 2.00 bits per heavy atom. The Morgan fingerprint density at radius 1 is 1.38 bits per heavy atom. The van der Waals surface area contributed by atoms with Crippen LogP contribution in [0.4, 0.5) is 10.1 Å². The van der Waals surface area contributed by atoms with Gasteiger partial charge in [0.25, 0.3) is 0 Å². The Bertz CT molecular complexity index is 642. The first-order valence-electron chi connectivity index (χ1n) is 6.67. The van der Waals surface area contributed by atoms with Crippen molar-refractivity contribution >= 4 is 21.6 Å². The normalized spacial score (nSPS) is 17.0. The molecule has 2 rings (SSSR count). The Hall–Kier alpha value is -1.67. The zero-order valence-corrected chi connectivity index (χ0v) is 12.5. The Kier molecular flexibility index (Phi) is 4.48. The number of hydrogen-bond acceptors (Lipinski definition) is 4. The highest BCUT2D eigenvalue weighted by Crippen LogP contribution is 2.18. The molecule has 1 heterocycles. The van der Waals surface area contributed by atoms with Crippen LogP contribution in [0.5, 0.6) is 0 Å². The number of anilines is 1. The van der Waals surface area contributed by atoms with Gasteiger partial charge in [0.2, 0.25) is 15.9 Å². The van der Waals surface area contributed by atoms with Gasteiger partial charge < -0.3 is 10.6 Å². The maximum absolute atomic E-state index is 13.7. The molecule has 1 aliphatic rings. The SMILES string of the molecule is CC(NS(=O)(=O)c1ccc(N)cc1F)C(=O)N1CCCC1. The van der Waals surface area contributed by atoms with E-state index in [2.05, 4.69) is 4.72 Å². The highest BCUT2D eigenvalue weighted by molar-refractivity contribution is 7.89. The molecule has 1 saturated heterocycles. The van der Waals surface area contributed by atoms with Crippen LogP contribution in [-0.2, 0) is 14.8 Å². The summed E-state index contributed by atoms with van der Waals surface area (Å²) in [6, 6.07) is 2.37. The second kappa shape index (κ2) is 5.98. The molecule has 1 aromatic carbocycles. The van der Waals surface area contributed by atoms with Crippen LogP contribution >= 0.6 is 0 Å². The van der Waals surface area contributed by atoms with Gasteiger partial charge in [-0.3, -0.25) is 4.79 Å². The van der Waals surface area contributed by atoms with Crippen molar-refractivity contribution in [2.75, 3.05) is 18.8 Å². The van der Waals surface area contributed by atoms with Gasteiger partial charge in [0.1, 0.15) is 10.7 Å². The number of amides is 1. The summed E-state index contributed by atoms with van der Waals surface area (Å²) < 4.78 is 40.2. The van der Waals surface area contributed by atoms with Gasteiger partial charge in [-0.1, -0.05) is 0 Å². The molecular weight excluding hydrogens is 297 g/mol. The second-order valence-corrected chi connectivity index (χ2v) is 6.75. The average Bonchev–Trinajstić information content (AvgIpc) is 2.90. The number of carbonyl (C=O) groups is 1. The predicted molar refractivity (Wildman–Crippen MR) is 76.4 cm³/mol. The smallest absolute Gasteiger partial charge is 0.244 e. The summed E-state index contributed by atoms with van der Waals surface area (Å²) in [4.78, 5) is 13.2. The summed E-state index contributed by atoms with van der Waals surface area (Å²) in [6.45, 7) is 2.70. The highest BCUT2D eigenvalue weighted by atomic mass is 32.2. The Labute approximate surface area is 123 Å². The van der Waals surface area contributed by atoms with E-state index in [0.29, 0.717) is 13.1 Å². The number of nitrogens with two attached hydrogens (primary N) is 1. The van der Waals surface area contributed by atoms with Crippen molar-refractivity contribution in [2.45, 2.75) is 30.7 Å². The Morgan fingerprint density at radius 3 is 2.57 bits per heavy atom. The monoisotopic (exact) mass is 315 g/mol. The summed E-state index contributed by atoms with van der Waals surface area (Å²) in [6.07, 6.45) is 1.83. The third-order valence-corrected chi connectivity index (χ3v) is 4.94. The topological polar surface area (TPSA) is 92.5 Å². The van der Waals surface area contributed by atoms with Crippen LogP contribution in [-0.4, -0.2) is 38.4 Å². The van der Waals surface area contributed by atoms with Crippen LogP contribution in [0.3, 0.4) is 0 Å². The average molecular weight is 315 g/mol. The zero-order chi connectivity index (χ0) is 15.6. The number of carbonyl (C=O) groups excluding carboxylic acids is 1. The number of hydrogen-bond donors (Lipinski definition) is 2. The molecular formula is C13H18FN3O3S. The molecule has 3 N–H and O–H groups in total. The van der Waals surface area contributed by atoms with Gasteiger partial charge in [-0.15, -0.1) is 0 Å². The van der Waals surface area contributed by atoms with Crippen molar-refractivity contribution in [3.63, 3.8) is 0 Å². The standard InChI is InChI=1S/C13H18FN3O3S/c1-9(13(18)17-6-2-3-7-17)16-21(19,20)12-5-4-10(15)8-11(12)14/h4-5,8-9,16H,2-3,6-7,15H2,1H3. The molecule has 0 radical (unpaired) electrons. The van der Waals surface area contributed by atoms with Crippen molar-refractivity contribution in [3.8, 4) is 0 Å². The minimum atomic E-state index is -4.11. The minimum Gasteiger partial charge on any atom is -0.399 e. The predicted octanol–water partition coefficient (Wildman–Crippen LogP) is 0.697. The third kappa shape index (κ3) is 3.51. The van der Waals surface area contributed by atoms with Crippen LogP contribution in [0.1, 0.15) is 19.8 Å². The number of nitrogens with zero attached hydrogens (tertiary/aromatic N) is 1. The molecule has 1 atom stereocenters. The molecule has 1 aliphatic heterocycles. The van der Waals surface area contributed by atoms with Crippen LogP contribution in [0.15, 0.2) is 23.1 Å². The largest absolute Gasteiger partial charge is 0.399 e. The third-order valence-electron chi connectivity index (χ3n) is 3.37. The van der Waals surface area contributed by atoms with E-state index in [4.69, 9.17) is 5.73 Å². The fourth-order valence-electron chi connectivity index (χ4n) is 2.29. The van der Waals surface area contributed by atoms with Crippen LogP contribution in [0, 0.1) is 5.82 Å². The number of rotatable bonds is 4. The summed E-state index contributed by atoms with van der Waals surface area (Å²) in [7, 11) is -4.11. The number of sulfonamides is 1. The van der Waals surface area contributed by atoms with Crippen molar-refractivity contribution in [3.05, 3.63) is 24.0 Å². The van der Waals surface area contributed by atoms with Gasteiger partial charge in [0.05, 0.1) is 6.04 Å². The minimum absolute atomic E-state index is 0.132. The molecule has 116 valence electrons. The molecule has 0 bridgehead atoms. The first-order chi connectivity index (χ1) is 9.81. The van der Waals surface area contributed by atoms with Gasteiger partial charge in [-0.2, -0.15) is 4.72 Å². The zero-order valence-electron chi connectivity index (χ0n) is 11.7. The van der Waals surface area contributed by atoms with E-state index in [-0.39, 0.29) is 11.6 Å². The maximum atomic E-state index is 13.7. The number of nitrogens with one attached hydrogen (secondary N) is 1. The molecule has 0 aliphatic carbocycles. The van der Waals surface area contributed by atoms with Gasteiger partial charge in [-0.25, -0.2) is 12.8 Å². The van der Waals surface area contributed by atoms with Crippen molar-refractivity contribution in [1.29, 1.82) is 0 Å².